The highest BCUT2D eigenvalue weighted by Gasteiger charge is 2.17. The lowest BCUT2D eigenvalue weighted by Crippen LogP contribution is -2.27. The summed E-state index contributed by atoms with van der Waals surface area (Å²) in [6.45, 7) is 11.4. The van der Waals surface area contributed by atoms with Crippen molar-refractivity contribution in [1.29, 1.82) is 0 Å². The highest BCUT2D eigenvalue weighted by atomic mass is 16.5. The van der Waals surface area contributed by atoms with Crippen molar-refractivity contribution in [3.8, 4) is 0 Å². The number of amides is 1. The van der Waals surface area contributed by atoms with Gasteiger partial charge in [0.2, 0.25) is 5.91 Å². The van der Waals surface area contributed by atoms with Crippen LogP contribution in [0.4, 0.5) is 5.69 Å². The van der Waals surface area contributed by atoms with E-state index < -0.39 is 0 Å². The van der Waals surface area contributed by atoms with Crippen molar-refractivity contribution in [2.45, 2.75) is 53.4 Å². The molecule has 1 aromatic rings. The number of benzene rings is 1. The van der Waals surface area contributed by atoms with E-state index in [1.54, 1.807) is 24.3 Å². The number of nitrogens with zero attached hydrogens (tertiary/aromatic N) is 1. The van der Waals surface area contributed by atoms with Gasteiger partial charge >= 0.3 is 5.97 Å². The molecule has 26 heavy (non-hydrogen) atoms. The monoisotopic (exact) mass is 362 g/mol. The minimum absolute atomic E-state index is 0.0507. The number of rotatable bonds is 12. The minimum Gasteiger partial charge on any atom is -0.461 e. The summed E-state index contributed by atoms with van der Waals surface area (Å²) in [5.41, 5.74) is 1.22. The minimum atomic E-state index is -0.329. The van der Waals surface area contributed by atoms with E-state index in [1.165, 1.54) is 0 Å². The Morgan fingerprint density at radius 3 is 2.08 bits per heavy atom. The standard InChI is InChI=1S/C21H34N2O3/c1-5-9-17(10-6-2)20(24)22-19-13-11-18(12-14-19)21(25)26-16-15-23(7-3)8-4/h11-14,17H,5-10,15-16H2,1-4H3,(H,22,24). The largest absolute Gasteiger partial charge is 0.461 e. The normalized spacial score (nSPS) is 11.0. The van der Waals surface area contributed by atoms with Crippen molar-refractivity contribution in [3.63, 3.8) is 0 Å². The van der Waals surface area contributed by atoms with E-state index in [-0.39, 0.29) is 17.8 Å². The van der Waals surface area contributed by atoms with Crippen LogP contribution in [0.25, 0.3) is 0 Å². The first kappa shape index (κ1) is 22.2. The van der Waals surface area contributed by atoms with Gasteiger partial charge in [0.1, 0.15) is 6.61 Å². The van der Waals surface area contributed by atoms with Gasteiger partial charge in [0, 0.05) is 18.2 Å². The topological polar surface area (TPSA) is 58.6 Å². The zero-order valence-electron chi connectivity index (χ0n) is 16.7. The van der Waals surface area contributed by atoms with Gasteiger partial charge in [-0.15, -0.1) is 0 Å². The second-order valence-corrected chi connectivity index (χ2v) is 6.50. The lowest BCUT2D eigenvalue weighted by atomic mass is 9.97. The number of hydrogen-bond donors (Lipinski definition) is 1. The third-order valence-electron chi connectivity index (χ3n) is 4.57. The predicted molar refractivity (Wildman–Crippen MR) is 106 cm³/mol. The van der Waals surface area contributed by atoms with Crippen LogP contribution in [0.2, 0.25) is 0 Å². The third kappa shape index (κ3) is 7.56. The number of ether oxygens (including phenoxy) is 1. The van der Waals surface area contributed by atoms with E-state index in [1.807, 2.05) is 0 Å². The molecule has 0 aliphatic carbocycles. The van der Waals surface area contributed by atoms with Crippen LogP contribution >= 0.6 is 0 Å². The van der Waals surface area contributed by atoms with E-state index >= 15 is 0 Å². The first-order chi connectivity index (χ1) is 12.5. The van der Waals surface area contributed by atoms with Crippen LogP contribution < -0.4 is 5.32 Å². The summed E-state index contributed by atoms with van der Waals surface area (Å²) in [6.07, 6.45) is 3.79. The van der Waals surface area contributed by atoms with E-state index in [2.05, 4.69) is 37.9 Å². The van der Waals surface area contributed by atoms with Crippen LogP contribution in [0, 0.1) is 5.92 Å². The van der Waals surface area contributed by atoms with E-state index in [0.717, 1.165) is 45.3 Å². The van der Waals surface area contributed by atoms with Crippen molar-refractivity contribution < 1.29 is 14.3 Å². The SMILES string of the molecule is CCCC(CCC)C(=O)Nc1ccc(C(=O)OCCN(CC)CC)cc1. The summed E-state index contributed by atoms with van der Waals surface area (Å²) in [6, 6.07) is 6.91. The molecule has 0 radical (unpaired) electrons. The number of likely N-dealkylation sites (N-methyl/N-ethyl adjacent to an activating group) is 1. The lowest BCUT2D eigenvalue weighted by molar-refractivity contribution is -0.120. The number of esters is 1. The Bertz CT molecular complexity index is 533. The molecular formula is C21H34N2O3. The maximum atomic E-state index is 12.4. The molecule has 0 fully saturated rings. The van der Waals surface area contributed by atoms with Crippen LogP contribution in [0.3, 0.4) is 0 Å². The Hall–Kier alpha value is -1.88. The average molecular weight is 363 g/mol. The van der Waals surface area contributed by atoms with Crippen molar-refractivity contribution in [1.82, 2.24) is 4.90 Å². The van der Waals surface area contributed by atoms with Gasteiger partial charge in [0.05, 0.1) is 5.56 Å². The van der Waals surface area contributed by atoms with Crippen LogP contribution in [-0.2, 0) is 9.53 Å². The molecule has 0 aromatic heterocycles. The van der Waals surface area contributed by atoms with Crippen LogP contribution in [0.1, 0.15) is 63.7 Å². The summed E-state index contributed by atoms with van der Waals surface area (Å²) >= 11 is 0. The molecule has 5 nitrogen and oxygen atoms in total. The molecule has 0 saturated heterocycles. The maximum absolute atomic E-state index is 12.4. The Morgan fingerprint density at radius 1 is 1.00 bits per heavy atom. The van der Waals surface area contributed by atoms with Gasteiger partial charge in [-0.3, -0.25) is 4.79 Å². The quantitative estimate of drug-likeness (QED) is 0.562. The second-order valence-electron chi connectivity index (χ2n) is 6.50. The number of anilines is 1. The molecule has 1 amide bonds. The summed E-state index contributed by atoms with van der Waals surface area (Å²) in [7, 11) is 0. The maximum Gasteiger partial charge on any atom is 0.338 e. The van der Waals surface area contributed by atoms with Crippen molar-refractivity contribution in [2.75, 3.05) is 31.6 Å². The van der Waals surface area contributed by atoms with E-state index in [9.17, 15) is 9.59 Å². The Kier molecular flexibility index (Phi) is 10.6. The van der Waals surface area contributed by atoms with Gasteiger partial charge in [-0.05, 0) is 50.2 Å². The molecule has 0 aliphatic heterocycles. The molecule has 1 N–H and O–H groups in total. The zero-order chi connectivity index (χ0) is 19.4. The fourth-order valence-electron chi connectivity index (χ4n) is 2.93. The molecule has 0 aliphatic rings. The Balaban J connectivity index is 2.54. The molecule has 1 aromatic carbocycles. The Labute approximate surface area is 158 Å². The summed E-state index contributed by atoms with van der Waals surface area (Å²) < 4.78 is 5.32. The van der Waals surface area contributed by atoms with Crippen molar-refractivity contribution >= 4 is 17.6 Å². The van der Waals surface area contributed by atoms with E-state index in [0.29, 0.717) is 17.9 Å². The highest BCUT2D eigenvalue weighted by Crippen LogP contribution is 2.17. The molecule has 5 heteroatoms. The number of carbonyl (C=O) groups excluding carboxylic acids is 2. The van der Waals surface area contributed by atoms with Gasteiger partial charge < -0.3 is 15.0 Å². The first-order valence-corrected chi connectivity index (χ1v) is 9.85. The second kappa shape index (κ2) is 12.5. The number of carbonyl (C=O) groups is 2. The van der Waals surface area contributed by atoms with Gasteiger partial charge in [0.25, 0.3) is 0 Å². The molecule has 0 bridgehead atoms. The van der Waals surface area contributed by atoms with Gasteiger partial charge in [0.15, 0.2) is 0 Å². The summed E-state index contributed by atoms with van der Waals surface area (Å²) in [5, 5.41) is 2.95. The van der Waals surface area contributed by atoms with Gasteiger partial charge in [-0.2, -0.15) is 0 Å². The van der Waals surface area contributed by atoms with Crippen LogP contribution in [0.15, 0.2) is 24.3 Å². The molecule has 0 heterocycles. The Morgan fingerprint density at radius 2 is 1.58 bits per heavy atom. The van der Waals surface area contributed by atoms with Crippen LogP contribution in [0.5, 0.6) is 0 Å². The summed E-state index contributed by atoms with van der Waals surface area (Å²) in [4.78, 5) is 26.7. The summed E-state index contributed by atoms with van der Waals surface area (Å²) in [5.74, 6) is -0.220. The molecule has 0 unspecified atom stereocenters. The lowest BCUT2D eigenvalue weighted by Gasteiger charge is -2.17. The molecule has 1 rings (SSSR count). The molecule has 0 spiro atoms. The van der Waals surface area contributed by atoms with Crippen molar-refractivity contribution in [2.24, 2.45) is 5.92 Å². The molecule has 146 valence electrons. The third-order valence-corrected chi connectivity index (χ3v) is 4.57. The average Bonchev–Trinajstić information content (AvgIpc) is 2.65. The smallest absolute Gasteiger partial charge is 0.338 e. The highest BCUT2D eigenvalue weighted by molar-refractivity contribution is 5.94. The number of nitrogens with one attached hydrogen (secondary N) is 1. The molecular weight excluding hydrogens is 328 g/mol. The fourth-order valence-corrected chi connectivity index (χ4v) is 2.93. The molecule has 0 saturated carbocycles. The molecule has 0 atom stereocenters. The van der Waals surface area contributed by atoms with E-state index in [4.69, 9.17) is 4.74 Å². The van der Waals surface area contributed by atoms with Gasteiger partial charge in [-0.1, -0.05) is 40.5 Å². The van der Waals surface area contributed by atoms with Crippen LogP contribution in [-0.4, -0.2) is 43.0 Å². The first-order valence-electron chi connectivity index (χ1n) is 9.85. The zero-order valence-corrected chi connectivity index (χ0v) is 16.7. The number of hydrogen-bond acceptors (Lipinski definition) is 4. The van der Waals surface area contributed by atoms with Gasteiger partial charge in [-0.25, -0.2) is 4.79 Å². The predicted octanol–water partition coefficient (Wildman–Crippen LogP) is 4.34. The fraction of sp³-hybridized carbons (Fsp3) is 0.619. The van der Waals surface area contributed by atoms with Crippen molar-refractivity contribution in [3.05, 3.63) is 29.8 Å².